The first kappa shape index (κ1) is 87.3. The Bertz CT molecular complexity index is 3640. The molecule has 2 heterocycles. The summed E-state index contributed by atoms with van der Waals surface area (Å²) in [7, 11) is 1.68. The zero-order valence-electron chi connectivity index (χ0n) is 57.7. The summed E-state index contributed by atoms with van der Waals surface area (Å²) in [6.45, 7) is 0.957. The van der Waals surface area contributed by atoms with Gasteiger partial charge in [-0.1, -0.05) is 81.7 Å². The van der Waals surface area contributed by atoms with E-state index in [1.807, 2.05) is 0 Å². The van der Waals surface area contributed by atoms with Crippen LogP contribution in [0.4, 0.5) is 10.5 Å². The fourth-order valence-corrected chi connectivity index (χ4v) is 13.8. The minimum atomic E-state index is -1.86. The summed E-state index contributed by atoms with van der Waals surface area (Å²) in [4.78, 5) is 184. The Morgan fingerprint density at radius 3 is 1.58 bits per heavy atom. The van der Waals surface area contributed by atoms with Crippen LogP contribution in [0.15, 0.2) is 97.1 Å². The zero-order valence-corrected chi connectivity index (χ0v) is 61.0. The number of benzene rings is 4. The Hall–Kier alpha value is -9.30. The number of phenols is 2. The van der Waals surface area contributed by atoms with Gasteiger partial charge in [-0.05, 0) is 110 Å². The third kappa shape index (κ3) is 29.9. The number of unbranched alkanes of at least 4 members (excludes halogenated alkanes) is 1. The molecule has 10 atom stereocenters. The molecular weight excluding hydrogens is 1500 g/mol. The van der Waals surface area contributed by atoms with Crippen molar-refractivity contribution in [3.8, 4) is 11.5 Å². The molecule has 0 spiro atoms. The van der Waals surface area contributed by atoms with Crippen LogP contribution in [0, 0.1) is 0 Å². The third-order valence-electron chi connectivity index (χ3n) is 17.0. The van der Waals surface area contributed by atoms with Crippen molar-refractivity contribution >= 4 is 116 Å². The maximum Gasteiger partial charge on any atom is 0.320 e. The van der Waals surface area contributed by atoms with Gasteiger partial charge in [-0.25, -0.2) is 4.79 Å². The molecule has 2 aliphatic heterocycles. The summed E-state index contributed by atoms with van der Waals surface area (Å²) in [5.41, 5.74) is 18.8. The molecule has 2 fully saturated rings. The number of aliphatic hydroxyl groups is 1. The molecule has 0 unspecified atom stereocenters. The molecular formula is C68H90ClCuN15O19S2. The molecule has 581 valence electrons. The van der Waals surface area contributed by atoms with Crippen LogP contribution in [0.3, 0.4) is 0 Å². The zero-order chi connectivity index (χ0) is 76.9. The summed E-state index contributed by atoms with van der Waals surface area (Å²) in [5.74, 6) is -13.9. The van der Waals surface area contributed by atoms with Gasteiger partial charge in [-0.3, -0.25) is 72.2 Å². The van der Waals surface area contributed by atoms with Crippen LogP contribution in [-0.4, -0.2) is 253 Å². The minimum Gasteiger partial charge on any atom is -0.508 e. The molecule has 0 bridgehead atoms. The van der Waals surface area contributed by atoms with E-state index >= 15 is 14.4 Å². The van der Waals surface area contributed by atoms with Crippen LogP contribution in [-0.2, 0) is 100 Å². The number of urea groups is 1. The summed E-state index contributed by atoms with van der Waals surface area (Å²) in [6, 6.07) is 7.85. The number of hydrogen-bond acceptors (Lipinski definition) is 22. The normalized spacial score (nSPS) is 20.5. The standard InChI is InChI=1S/C68H90ClN15O19S2.Cu/c1-38(85)58-66(100)80-53(64(98)76-48(59(71)93)30-41-9-17-45(86)18-10-41)37-105-104-36-52(79-61(95)49(31-39-5-13-43(69)14-6-39)74-55(88)22-21-54(67(101)102)84-28-26-82(34-56(89)90)24-25-83(27-29-84)35-57(91)92)65(99)78-51(33-42-11-19-46(87)20-12-42)63(97)77-50(32-40-7-15-44(16-8-40)73-68(72)103)62(96)75-47(60(94)81-58)4-2-3-23-70;/h5-20,38,47-54,58,85-87H,2-4,21-37,70H2,1H3,(H2,71,93)(H,74,88)(H,75,96)(H,76,98)(H,77,97)(H,78,99)(H,79,95)(H,80,100)(H,81,94)(H,89,90)(H,91,92)(H,101,102)(H3,72,73,103);/t38-,47+,48-,49-,50-,51+,52+,53+,54-,58+;/m1./s1/i;1+3. The van der Waals surface area contributed by atoms with Gasteiger partial charge in [0.15, 0.2) is 0 Å². The van der Waals surface area contributed by atoms with Gasteiger partial charge in [0.25, 0.3) is 0 Å². The quantitative estimate of drug-likeness (QED) is 0.0160. The number of hydrogen-bond donors (Lipinski definition) is 18. The largest absolute Gasteiger partial charge is 0.508 e. The van der Waals surface area contributed by atoms with E-state index in [0.717, 1.165) is 28.5 Å². The van der Waals surface area contributed by atoms with Crippen molar-refractivity contribution in [1.29, 1.82) is 0 Å². The molecule has 38 heteroatoms. The van der Waals surface area contributed by atoms with Gasteiger partial charge < -0.3 is 95.7 Å². The van der Waals surface area contributed by atoms with Crippen LogP contribution in [0.2, 0.25) is 5.02 Å². The topological polar surface area (TPSA) is 539 Å². The van der Waals surface area contributed by atoms with E-state index in [1.54, 1.807) is 12.1 Å². The Morgan fingerprint density at radius 1 is 0.594 bits per heavy atom. The monoisotopic (exact) mass is 1590 g/mol. The minimum absolute atomic E-state index is 0. The first-order valence-electron chi connectivity index (χ1n) is 33.6. The number of anilines is 1. The van der Waals surface area contributed by atoms with Gasteiger partial charge in [0.05, 0.1) is 19.2 Å². The average molecular weight is 1590 g/mol. The van der Waals surface area contributed by atoms with Crippen LogP contribution < -0.4 is 65.1 Å². The average Bonchev–Trinajstić information content (AvgIpc) is 1.10. The number of nitrogens with zero attached hydrogens (tertiary/aromatic N) is 3. The van der Waals surface area contributed by atoms with E-state index < -0.39 is 169 Å². The summed E-state index contributed by atoms with van der Waals surface area (Å²) in [5, 5.41) is 84.9. The summed E-state index contributed by atoms with van der Waals surface area (Å²) >= 11 is 6.26. The molecule has 106 heavy (non-hydrogen) atoms. The van der Waals surface area contributed by atoms with Gasteiger partial charge in [-0.2, -0.15) is 0 Å². The van der Waals surface area contributed by atoms with Gasteiger partial charge in [0.1, 0.15) is 65.9 Å². The number of aromatic hydroxyl groups is 2. The van der Waals surface area contributed by atoms with Gasteiger partial charge >= 0.3 is 23.9 Å². The maximum atomic E-state index is 15.3. The number of carboxylic acid groups (broad SMARTS) is 3. The van der Waals surface area contributed by atoms with Crippen molar-refractivity contribution in [2.24, 2.45) is 17.2 Å². The van der Waals surface area contributed by atoms with Gasteiger partial charge in [0.2, 0.25) is 53.2 Å². The molecule has 6 rings (SSSR count). The molecule has 21 N–H and O–H groups in total. The third-order valence-corrected chi connectivity index (χ3v) is 19.7. The summed E-state index contributed by atoms with van der Waals surface area (Å²) in [6.07, 6.45) is -3.34. The molecule has 11 amide bonds. The number of phenolic OH excluding ortho intramolecular Hbond substituents is 2. The molecule has 4 aromatic carbocycles. The fraction of sp³-hybridized carbons (Fsp3) is 0.456. The molecule has 0 aromatic heterocycles. The first-order chi connectivity index (χ1) is 49.9. The number of carbonyl (C=O) groups is 13. The molecule has 0 aliphatic carbocycles. The van der Waals surface area contributed by atoms with Crippen LogP contribution in [0.5, 0.6) is 11.5 Å². The predicted molar refractivity (Wildman–Crippen MR) is 387 cm³/mol. The number of nitrogens with two attached hydrogens (primary N) is 3. The number of rotatable bonds is 29. The number of aliphatic hydroxyl groups excluding tert-OH is 1. The second kappa shape index (κ2) is 44.0. The second-order valence-electron chi connectivity index (χ2n) is 25.2. The predicted octanol–water partition coefficient (Wildman–Crippen LogP) is -1.90. The van der Waals surface area contributed by atoms with Crippen molar-refractivity contribution in [2.75, 3.05) is 75.7 Å². The van der Waals surface area contributed by atoms with E-state index in [4.69, 9.17) is 28.8 Å². The first-order valence-corrected chi connectivity index (χ1v) is 36.4. The van der Waals surface area contributed by atoms with E-state index in [-0.39, 0.29) is 125 Å². The van der Waals surface area contributed by atoms with Crippen molar-refractivity contribution in [3.05, 3.63) is 124 Å². The molecule has 2 saturated heterocycles. The summed E-state index contributed by atoms with van der Waals surface area (Å²) < 4.78 is 0. The van der Waals surface area contributed by atoms with E-state index in [0.29, 0.717) is 33.7 Å². The number of amides is 11. The number of carboxylic acids is 3. The molecule has 1 radical (unpaired) electrons. The fourth-order valence-electron chi connectivity index (χ4n) is 11.4. The van der Waals surface area contributed by atoms with Crippen LogP contribution in [0.25, 0.3) is 0 Å². The SMILES string of the molecule is C[C@@H](O)[C@@H]1NC(=O)[C@H](CCCCN)NC(=O)[C@@H](Cc2ccc(NC(N)=O)cc2)NC(=O)[C@H](Cc2ccc(O)cc2)NC(=O)[C@@H](NC(=O)[C@@H](Cc2ccc(Cl)cc2)NC(=O)CC[C@H](C(=O)O)N2CCN(CC(=O)O)CCN(CC(=O)O)CC2)CSSC[C@@H](C(=O)N[C@H](Cc2ccc(O)cc2)C(N)=O)NC1=O.[67Cu]. The Labute approximate surface area is 633 Å². The number of carbonyl (C=O) groups excluding carboxylic acids is 10. The van der Waals surface area contributed by atoms with E-state index in [9.17, 15) is 78.6 Å². The second-order valence-corrected chi connectivity index (χ2v) is 28.2. The Kier molecular flexibility index (Phi) is 36.2. The number of nitrogens with one attached hydrogen (secondary N) is 9. The molecule has 4 aromatic rings. The maximum absolute atomic E-state index is 15.3. The molecule has 34 nitrogen and oxygen atoms in total. The van der Waals surface area contributed by atoms with Crippen LogP contribution in [0.1, 0.15) is 61.3 Å². The molecule has 2 aliphatic rings. The smallest absolute Gasteiger partial charge is 0.320 e. The number of primary amides is 2. The Morgan fingerprint density at radius 2 is 1.08 bits per heavy atom. The molecule has 0 saturated carbocycles. The van der Waals surface area contributed by atoms with Crippen LogP contribution >= 0.6 is 33.2 Å². The van der Waals surface area contributed by atoms with Crippen molar-refractivity contribution in [2.45, 2.75) is 125 Å². The number of aliphatic carboxylic acids is 3. The van der Waals surface area contributed by atoms with Crippen molar-refractivity contribution in [3.63, 3.8) is 0 Å². The Balaban J connectivity index is 0.0000202. The van der Waals surface area contributed by atoms with Gasteiger partial charge in [0, 0.05) is 111 Å². The van der Waals surface area contributed by atoms with Crippen molar-refractivity contribution < 1.29 is 110 Å². The van der Waals surface area contributed by atoms with E-state index in [2.05, 4.69) is 47.9 Å². The number of halogens is 1. The van der Waals surface area contributed by atoms with Crippen molar-refractivity contribution in [1.82, 2.24) is 57.2 Å². The van der Waals surface area contributed by atoms with E-state index in [1.165, 1.54) is 99.6 Å². The van der Waals surface area contributed by atoms with Gasteiger partial charge in [-0.15, -0.1) is 0 Å².